The maximum absolute atomic E-state index is 12.1. The van der Waals surface area contributed by atoms with Crippen LogP contribution in [0.4, 0.5) is 0 Å². The zero-order valence-electron chi connectivity index (χ0n) is 12.3. The second kappa shape index (κ2) is 8.90. The van der Waals surface area contributed by atoms with Crippen LogP contribution in [-0.2, 0) is 16.0 Å². The zero-order chi connectivity index (χ0) is 13.9. The van der Waals surface area contributed by atoms with E-state index in [1.165, 1.54) is 4.88 Å². The molecule has 5 nitrogen and oxygen atoms in total. The molecular weight excluding hydrogens is 333 g/mol. The summed E-state index contributed by atoms with van der Waals surface area (Å²) in [5.41, 5.74) is 6.42. The monoisotopic (exact) mass is 355 g/mol. The Morgan fingerprint density at radius 1 is 1.38 bits per heavy atom. The second-order valence-electron chi connectivity index (χ2n) is 5.02. The minimum atomic E-state index is -0.753. The van der Waals surface area contributed by atoms with Crippen LogP contribution < -0.4 is 11.1 Å². The maximum Gasteiger partial charge on any atom is 0.240 e. The molecule has 1 aliphatic heterocycles. The number of nitrogens with one attached hydrogen (secondary N) is 1. The lowest BCUT2D eigenvalue weighted by Crippen LogP contribution is -2.57. The average molecular weight is 356 g/mol. The maximum atomic E-state index is 12.1. The van der Waals surface area contributed by atoms with Gasteiger partial charge < -0.3 is 15.8 Å². The molecule has 1 amide bonds. The predicted octanol–water partition coefficient (Wildman–Crippen LogP) is 1.77. The fraction of sp³-hybridized carbons (Fsp3) is 0.692. The van der Waals surface area contributed by atoms with E-state index in [9.17, 15) is 4.79 Å². The molecule has 1 aromatic heterocycles. The number of thiazole rings is 1. The Morgan fingerprint density at radius 2 is 2.00 bits per heavy atom. The van der Waals surface area contributed by atoms with E-state index in [2.05, 4.69) is 10.3 Å². The van der Waals surface area contributed by atoms with Crippen LogP contribution in [0.3, 0.4) is 0 Å². The van der Waals surface area contributed by atoms with Gasteiger partial charge in [0, 0.05) is 31.1 Å². The van der Waals surface area contributed by atoms with Crippen molar-refractivity contribution in [2.24, 2.45) is 5.73 Å². The van der Waals surface area contributed by atoms with Crippen molar-refractivity contribution in [1.29, 1.82) is 0 Å². The molecule has 0 bridgehead atoms. The number of hydrogen-bond donors (Lipinski definition) is 2. The molecule has 8 heteroatoms. The van der Waals surface area contributed by atoms with Gasteiger partial charge in [-0.2, -0.15) is 0 Å². The summed E-state index contributed by atoms with van der Waals surface area (Å²) >= 11 is 1.69. The first-order valence-electron chi connectivity index (χ1n) is 6.59. The number of aromatic nitrogens is 1. The third kappa shape index (κ3) is 5.38. The van der Waals surface area contributed by atoms with Crippen molar-refractivity contribution in [3.05, 3.63) is 15.6 Å². The van der Waals surface area contributed by atoms with Crippen LogP contribution in [0.15, 0.2) is 0 Å². The number of nitrogens with zero attached hydrogens (tertiary/aromatic N) is 1. The molecule has 122 valence electrons. The van der Waals surface area contributed by atoms with Gasteiger partial charge in [0.05, 0.1) is 16.2 Å². The van der Waals surface area contributed by atoms with E-state index in [0.29, 0.717) is 32.6 Å². The molecule has 21 heavy (non-hydrogen) atoms. The predicted molar refractivity (Wildman–Crippen MR) is 89.8 cm³/mol. The molecule has 0 atom stereocenters. The van der Waals surface area contributed by atoms with Crippen LogP contribution in [-0.4, -0.2) is 36.2 Å². The molecule has 1 fully saturated rings. The molecule has 0 radical (unpaired) electrons. The lowest BCUT2D eigenvalue weighted by atomic mass is 9.90. The van der Waals surface area contributed by atoms with Gasteiger partial charge in [-0.15, -0.1) is 36.2 Å². The highest BCUT2D eigenvalue weighted by atomic mass is 35.5. The fourth-order valence-electron chi connectivity index (χ4n) is 2.23. The van der Waals surface area contributed by atoms with E-state index in [1.54, 1.807) is 11.3 Å². The standard InChI is InChI=1S/C13H21N3O2S.2ClH/c1-9-11(19-10(2)16-9)3-6-15-12(17)13(14)4-7-18-8-5-13;;/h3-8,14H2,1-2H3,(H,15,17);2*1H. The molecule has 2 heterocycles. The van der Waals surface area contributed by atoms with Crippen molar-refractivity contribution >= 4 is 42.1 Å². The summed E-state index contributed by atoms with van der Waals surface area (Å²) in [6.45, 7) is 5.75. The Bertz CT molecular complexity index is 462. The van der Waals surface area contributed by atoms with E-state index in [1.807, 2.05) is 13.8 Å². The minimum absolute atomic E-state index is 0. The lowest BCUT2D eigenvalue weighted by Gasteiger charge is -2.31. The van der Waals surface area contributed by atoms with Gasteiger partial charge in [0.2, 0.25) is 5.91 Å². The number of hydrogen-bond acceptors (Lipinski definition) is 5. The Balaban J connectivity index is 0.00000200. The van der Waals surface area contributed by atoms with Gasteiger partial charge in [0.1, 0.15) is 0 Å². The van der Waals surface area contributed by atoms with Crippen molar-refractivity contribution in [2.75, 3.05) is 19.8 Å². The van der Waals surface area contributed by atoms with Crippen LogP contribution in [0, 0.1) is 13.8 Å². The van der Waals surface area contributed by atoms with Crippen LogP contribution in [0.25, 0.3) is 0 Å². The Morgan fingerprint density at radius 3 is 2.52 bits per heavy atom. The largest absolute Gasteiger partial charge is 0.381 e. The normalized spacial score (nSPS) is 16.5. The highest BCUT2D eigenvalue weighted by Gasteiger charge is 2.35. The number of amides is 1. The molecule has 0 aromatic carbocycles. The van der Waals surface area contributed by atoms with Crippen LogP contribution in [0.2, 0.25) is 0 Å². The number of aryl methyl sites for hydroxylation is 2. The van der Waals surface area contributed by atoms with Gasteiger partial charge in [0.15, 0.2) is 0 Å². The molecule has 3 N–H and O–H groups in total. The second-order valence-corrected chi connectivity index (χ2v) is 6.30. The Kier molecular flexibility index (Phi) is 8.73. The number of ether oxygens (including phenoxy) is 1. The fourth-order valence-corrected chi connectivity index (χ4v) is 3.17. The van der Waals surface area contributed by atoms with E-state index in [4.69, 9.17) is 10.5 Å². The van der Waals surface area contributed by atoms with Gasteiger partial charge in [-0.3, -0.25) is 4.79 Å². The average Bonchev–Trinajstić information content (AvgIpc) is 2.69. The summed E-state index contributed by atoms with van der Waals surface area (Å²) in [7, 11) is 0. The third-order valence-electron chi connectivity index (χ3n) is 3.47. The van der Waals surface area contributed by atoms with Gasteiger partial charge >= 0.3 is 0 Å². The highest BCUT2D eigenvalue weighted by Crippen LogP contribution is 2.19. The summed E-state index contributed by atoms with van der Waals surface area (Å²) in [4.78, 5) is 17.7. The number of nitrogens with two attached hydrogens (primary N) is 1. The molecular formula is C13H23Cl2N3O2S. The molecule has 0 saturated carbocycles. The van der Waals surface area contributed by atoms with Crippen molar-refractivity contribution in [3.63, 3.8) is 0 Å². The summed E-state index contributed by atoms with van der Waals surface area (Å²) in [6.07, 6.45) is 2.00. The molecule has 0 aliphatic carbocycles. The van der Waals surface area contributed by atoms with Crippen LogP contribution in [0.5, 0.6) is 0 Å². The van der Waals surface area contributed by atoms with Gasteiger partial charge in [-0.25, -0.2) is 4.98 Å². The Hall–Kier alpha value is -0.400. The van der Waals surface area contributed by atoms with Gasteiger partial charge in [-0.1, -0.05) is 0 Å². The molecule has 1 aromatic rings. The van der Waals surface area contributed by atoms with Crippen molar-refractivity contribution in [3.8, 4) is 0 Å². The van der Waals surface area contributed by atoms with E-state index in [0.717, 1.165) is 17.1 Å². The summed E-state index contributed by atoms with van der Waals surface area (Å²) < 4.78 is 5.24. The first-order chi connectivity index (χ1) is 9.01. The number of carbonyl (C=O) groups excluding carboxylic acids is 1. The molecule has 1 saturated heterocycles. The molecule has 0 unspecified atom stereocenters. The number of carbonyl (C=O) groups is 1. The number of rotatable bonds is 4. The first-order valence-corrected chi connectivity index (χ1v) is 7.41. The first kappa shape index (κ1) is 20.6. The topological polar surface area (TPSA) is 77.2 Å². The molecule has 0 spiro atoms. The van der Waals surface area contributed by atoms with E-state index in [-0.39, 0.29) is 30.7 Å². The third-order valence-corrected chi connectivity index (χ3v) is 4.61. The summed E-state index contributed by atoms with van der Waals surface area (Å²) in [6, 6.07) is 0. The van der Waals surface area contributed by atoms with E-state index >= 15 is 0 Å². The lowest BCUT2D eigenvalue weighted by molar-refractivity contribution is -0.129. The Labute approximate surface area is 141 Å². The quantitative estimate of drug-likeness (QED) is 0.862. The number of halogens is 2. The van der Waals surface area contributed by atoms with Crippen molar-refractivity contribution < 1.29 is 9.53 Å². The SMILES string of the molecule is Cc1nc(C)c(CCNC(=O)C2(N)CCOCC2)s1.Cl.Cl. The van der Waals surface area contributed by atoms with Crippen molar-refractivity contribution in [1.82, 2.24) is 10.3 Å². The summed E-state index contributed by atoms with van der Waals surface area (Å²) in [5, 5.41) is 4.01. The molecule has 1 aliphatic rings. The van der Waals surface area contributed by atoms with Gasteiger partial charge in [-0.05, 0) is 26.7 Å². The van der Waals surface area contributed by atoms with Gasteiger partial charge in [0.25, 0.3) is 0 Å². The highest BCUT2D eigenvalue weighted by molar-refractivity contribution is 7.11. The van der Waals surface area contributed by atoms with Crippen molar-refractivity contribution in [2.45, 2.75) is 38.6 Å². The summed E-state index contributed by atoms with van der Waals surface area (Å²) in [5.74, 6) is -0.0605. The van der Waals surface area contributed by atoms with Crippen LogP contribution in [0.1, 0.15) is 28.4 Å². The zero-order valence-corrected chi connectivity index (χ0v) is 14.8. The minimum Gasteiger partial charge on any atom is -0.381 e. The van der Waals surface area contributed by atoms with E-state index < -0.39 is 5.54 Å². The molecule has 2 rings (SSSR count). The smallest absolute Gasteiger partial charge is 0.240 e. The van der Waals surface area contributed by atoms with Crippen LogP contribution >= 0.6 is 36.2 Å².